The SMILES string of the molecule is CC(C)COc1ccc(C(=O)O[C@H](C)C(=O)NC2CCCC2)cc1. The van der Waals surface area contributed by atoms with Gasteiger partial charge in [0.25, 0.3) is 5.91 Å². The Hall–Kier alpha value is -2.04. The summed E-state index contributed by atoms with van der Waals surface area (Å²) in [7, 11) is 0. The van der Waals surface area contributed by atoms with Gasteiger partial charge in [-0.3, -0.25) is 4.79 Å². The standard InChI is InChI=1S/C19H27NO4/c1-13(2)12-23-17-10-8-15(9-11-17)19(22)24-14(3)18(21)20-16-6-4-5-7-16/h8-11,13-14,16H,4-7,12H2,1-3H3,(H,20,21)/t14-/m1/s1. The molecule has 1 fully saturated rings. The second-order valence-corrected chi connectivity index (χ2v) is 6.77. The van der Waals surface area contributed by atoms with Crippen molar-refractivity contribution in [2.24, 2.45) is 5.92 Å². The lowest BCUT2D eigenvalue weighted by molar-refractivity contribution is -0.129. The molecule has 0 spiro atoms. The van der Waals surface area contributed by atoms with Gasteiger partial charge >= 0.3 is 5.97 Å². The first-order valence-corrected chi connectivity index (χ1v) is 8.70. The Labute approximate surface area is 143 Å². The van der Waals surface area contributed by atoms with Crippen molar-refractivity contribution in [3.05, 3.63) is 29.8 Å². The molecule has 0 saturated heterocycles. The summed E-state index contributed by atoms with van der Waals surface area (Å²) in [5.41, 5.74) is 0.410. The van der Waals surface area contributed by atoms with Gasteiger partial charge in [-0.2, -0.15) is 0 Å². The average Bonchev–Trinajstić information content (AvgIpc) is 3.06. The van der Waals surface area contributed by atoms with E-state index in [4.69, 9.17) is 9.47 Å². The molecule has 1 aromatic rings. The van der Waals surface area contributed by atoms with Crippen LogP contribution >= 0.6 is 0 Å². The Morgan fingerprint density at radius 1 is 1.12 bits per heavy atom. The van der Waals surface area contributed by atoms with Gasteiger partial charge in [-0.1, -0.05) is 26.7 Å². The minimum absolute atomic E-state index is 0.219. The number of hydrogen-bond acceptors (Lipinski definition) is 4. The number of nitrogens with one attached hydrogen (secondary N) is 1. The molecule has 0 aliphatic heterocycles. The zero-order chi connectivity index (χ0) is 17.5. The van der Waals surface area contributed by atoms with Gasteiger partial charge in [0.1, 0.15) is 5.75 Å². The quantitative estimate of drug-likeness (QED) is 0.777. The lowest BCUT2D eigenvalue weighted by Gasteiger charge is -2.17. The molecular formula is C19H27NO4. The van der Waals surface area contributed by atoms with Crippen molar-refractivity contribution < 1.29 is 19.1 Å². The van der Waals surface area contributed by atoms with Gasteiger partial charge in [0.15, 0.2) is 6.10 Å². The highest BCUT2D eigenvalue weighted by atomic mass is 16.5. The van der Waals surface area contributed by atoms with E-state index in [1.165, 1.54) is 0 Å². The fourth-order valence-corrected chi connectivity index (χ4v) is 2.62. The number of carbonyl (C=O) groups is 2. The molecule has 1 saturated carbocycles. The maximum absolute atomic E-state index is 12.1. The summed E-state index contributed by atoms with van der Waals surface area (Å²) in [6.07, 6.45) is 3.50. The summed E-state index contributed by atoms with van der Waals surface area (Å²) < 4.78 is 10.8. The molecule has 1 atom stereocenters. The molecule has 132 valence electrons. The molecule has 0 bridgehead atoms. The second-order valence-electron chi connectivity index (χ2n) is 6.77. The number of esters is 1. The highest BCUT2D eigenvalue weighted by Crippen LogP contribution is 2.18. The van der Waals surface area contributed by atoms with Crippen molar-refractivity contribution >= 4 is 11.9 Å². The van der Waals surface area contributed by atoms with Crippen LogP contribution in [0, 0.1) is 5.92 Å². The predicted molar refractivity (Wildman–Crippen MR) is 92.1 cm³/mol. The van der Waals surface area contributed by atoms with E-state index in [0.717, 1.165) is 25.7 Å². The molecule has 1 aliphatic rings. The monoisotopic (exact) mass is 333 g/mol. The first-order chi connectivity index (χ1) is 11.5. The number of amides is 1. The van der Waals surface area contributed by atoms with E-state index in [1.807, 2.05) is 0 Å². The Balaban J connectivity index is 1.83. The van der Waals surface area contributed by atoms with Gasteiger partial charge < -0.3 is 14.8 Å². The van der Waals surface area contributed by atoms with Crippen molar-refractivity contribution in [3.8, 4) is 5.75 Å². The minimum Gasteiger partial charge on any atom is -0.493 e. The van der Waals surface area contributed by atoms with Crippen LogP contribution in [0.4, 0.5) is 0 Å². The van der Waals surface area contributed by atoms with Crippen molar-refractivity contribution in [1.82, 2.24) is 5.32 Å². The molecule has 1 aromatic carbocycles. The van der Waals surface area contributed by atoms with Crippen molar-refractivity contribution in [2.45, 2.75) is 58.6 Å². The third kappa shape index (κ3) is 5.55. The maximum atomic E-state index is 12.1. The molecule has 0 unspecified atom stereocenters. The van der Waals surface area contributed by atoms with E-state index in [2.05, 4.69) is 19.2 Å². The average molecular weight is 333 g/mol. The molecule has 5 heteroatoms. The highest BCUT2D eigenvalue weighted by molar-refractivity contribution is 5.92. The van der Waals surface area contributed by atoms with Crippen LogP contribution in [0.2, 0.25) is 0 Å². The van der Waals surface area contributed by atoms with Gasteiger partial charge in [-0.15, -0.1) is 0 Å². The third-order valence-corrected chi connectivity index (χ3v) is 4.03. The lowest BCUT2D eigenvalue weighted by atomic mass is 10.2. The van der Waals surface area contributed by atoms with Crippen molar-refractivity contribution in [2.75, 3.05) is 6.61 Å². The highest BCUT2D eigenvalue weighted by Gasteiger charge is 2.23. The third-order valence-electron chi connectivity index (χ3n) is 4.03. The van der Waals surface area contributed by atoms with Crippen LogP contribution in [0.3, 0.4) is 0 Å². The maximum Gasteiger partial charge on any atom is 0.338 e. The Morgan fingerprint density at radius 2 is 1.75 bits per heavy atom. The van der Waals surface area contributed by atoms with Gasteiger partial charge in [0, 0.05) is 6.04 Å². The van der Waals surface area contributed by atoms with Crippen LogP contribution in [0.5, 0.6) is 5.75 Å². The van der Waals surface area contributed by atoms with E-state index in [9.17, 15) is 9.59 Å². The molecule has 1 N–H and O–H groups in total. The van der Waals surface area contributed by atoms with E-state index < -0.39 is 12.1 Å². The zero-order valence-corrected chi connectivity index (χ0v) is 14.7. The van der Waals surface area contributed by atoms with Crippen LogP contribution < -0.4 is 10.1 Å². The van der Waals surface area contributed by atoms with E-state index >= 15 is 0 Å². The number of ether oxygens (including phenoxy) is 2. The predicted octanol–water partition coefficient (Wildman–Crippen LogP) is 3.33. The first kappa shape index (κ1) is 18.3. The van der Waals surface area contributed by atoms with Crippen molar-refractivity contribution in [3.63, 3.8) is 0 Å². The van der Waals surface area contributed by atoms with Gasteiger partial charge in [0.2, 0.25) is 0 Å². The molecule has 0 radical (unpaired) electrons. The largest absolute Gasteiger partial charge is 0.493 e. The number of hydrogen-bond donors (Lipinski definition) is 1. The Kier molecular flexibility index (Phi) is 6.64. The molecule has 0 aromatic heterocycles. The van der Waals surface area contributed by atoms with E-state index in [0.29, 0.717) is 23.8 Å². The van der Waals surface area contributed by atoms with Crippen LogP contribution in [0.1, 0.15) is 56.8 Å². The van der Waals surface area contributed by atoms with Crippen molar-refractivity contribution in [1.29, 1.82) is 0 Å². The summed E-state index contributed by atoms with van der Waals surface area (Å²) in [4.78, 5) is 24.2. The summed E-state index contributed by atoms with van der Waals surface area (Å²) in [6, 6.07) is 7.00. The molecule has 1 aliphatic carbocycles. The van der Waals surface area contributed by atoms with Crippen LogP contribution in [0.15, 0.2) is 24.3 Å². The van der Waals surface area contributed by atoms with E-state index in [1.54, 1.807) is 31.2 Å². The molecule has 24 heavy (non-hydrogen) atoms. The van der Waals surface area contributed by atoms with Gasteiger partial charge in [-0.25, -0.2) is 4.79 Å². The summed E-state index contributed by atoms with van der Waals surface area (Å²) in [5.74, 6) is 0.424. The minimum atomic E-state index is -0.796. The van der Waals surface area contributed by atoms with Crippen LogP contribution in [-0.4, -0.2) is 30.6 Å². The second kappa shape index (κ2) is 8.71. The smallest absolute Gasteiger partial charge is 0.338 e. The fraction of sp³-hybridized carbons (Fsp3) is 0.579. The fourth-order valence-electron chi connectivity index (χ4n) is 2.62. The lowest BCUT2D eigenvalue weighted by Crippen LogP contribution is -2.40. The molecular weight excluding hydrogens is 306 g/mol. The van der Waals surface area contributed by atoms with E-state index in [-0.39, 0.29) is 11.9 Å². The van der Waals surface area contributed by atoms with Gasteiger partial charge in [0.05, 0.1) is 12.2 Å². The Bertz CT molecular complexity index is 547. The summed E-state index contributed by atoms with van der Waals surface area (Å²) in [6.45, 7) is 6.37. The summed E-state index contributed by atoms with van der Waals surface area (Å²) >= 11 is 0. The zero-order valence-electron chi connectivity index (χ0n) is 14.7. The van der Waals surface area contributed by atoms with Crippen LogP contribution in [0.25, 0.3) is 0 Å². The normalized spacial score (nSPS) is 16.0. The van der Waals surface area contributed by atoms with Gasteiger partial charge in [-0.05, 0) is 49.9 Å². The first-order valence-electron chi connectivity index (χ1n) is 8.70. The number of rotatable bonds is 7. The summed E-state index contributed by atoms with van der Waals surface area (Å²) in [5, 5.41) is 2.94. The molecule has 1 amide bonds. The van der Waals surface area contributed by atoms with Crippen LogP contribution in [-0.2, 0) is 9.53 Å². The Morgan fingerprint density at radius 3 is 2.33 bits per heavy atom. The molecule has 0 heterocycles. The molecule has 2 rings (SSSR count). The molecule has 5 nitrogen and oxygen atoms in total. The number of benzene rings is 1. The topological polar surface area (TPSA) is 64.6 Å². The number of carbonyl (C=O) groups excluding carboxylic acids is 2.